The fraction of sp³-hybridized carbons (Fsp3) is 0.556. The summed E-state index contributed by atoms with van der Waals surface area (Å²) < 4.78 is 0. The molecule has 0 bridgehead atoms. The van der Waals surface area contributed by atoms with E-state index in [1.54, 1.807) is 12.4 Å². The number of aromatic nitrogens is 2. The smallest absolute Gasteiger partial charge is 0.225 e. The number of halogens is 2. The summed E-state index contributed by atoms with van der Waals surface area (Å²) in [7, 11) is 0. The highest BCUT2D eigenvalue weighted by atomic mass is 35.5. The minimum absolute atomic E-state index is 0. The molecule has 0 unspecified atom stereocenters. The third-order valence-corrected chi connectivity index (χ3v) is 2.29. The van der Waals surface area contributed by atoms with E-state index in [0.29, 0.717) is 0 Å². The van der Waals surface area contributed by atoms with E-state index in [-0.39, 0.29) is 30.9 Å². The van der Waals surface area contributed by atoms with Gasteiger partial charge in [-0.25, -0.2) is 9.97 Å². The molecule has 1 saturated heterocycles. The maximum Gasteiger partial charge on any atom is 0.225 e. The zero-order chi connectivity index (χ0) is 9.10. The van der Waals surface area contributed by atoms with Gasteiger partial charge in [0.1, 0.15) is 0 Å². The van der Waals surface area contributed by atoms with Gasteiger partial charge in [-0.3, -0.25) is 0 Å². The van der Waals surface area contributed by atoms with Crippen LogP contribution in [0.4, 0.5) is 5.95 Å². The molecule has 1 fully saturated rings. The Labute approximate surface area is 102 Å². The Morgan fingerprint density at radius 2 is 1.93 bits per heavy atom. The molecule has 2 N–H and O–H groups in total. The van der Waals surface area contributed by atoms with Crippen LogP contribution in [0.2, 0.25) is 0 Å². The predicted octanol–water partition coefficient (Wildman–Crippen LogP) is 1.25. The Morgan fingerprint density at radius 3 is 2.53 bits per heavy atom. The van der Waals surface area contributed by atoms with Gasteiger partial charge >= 0.3 is 0 Å². The first kappa shape index (κ1) is 14.4. The van der Waals surface area contributed by atoms with Gasteiger partial charge in [-0.15, -0.1) is 24.8 Å². The van der Waals surface area contributed by atoms with Crippen molar-refractivity contribution in [3.8, 4) is 0 Å². The molecule has 1 aromatic heterocycles. The maximum absolute atomic E-state index is 5.87. The molecule has 2 heterocycles. The van der Waals surface area contributed by atoms with Gasteiger partial charge in [-0.05, 0) is 18.9 Å². The number of hydrogen-bond donors (Lipinski definition) is 1. The van der Waals surface area contributed by atoms with E-state index in [2.05, 4.69) is 14.9 Å². The lowest BCUT2D eigenvalue weighted by Crippen LogP contribution is -2.43. The number of rotatable bonds is 1. The van der Waals surface area contributed by atoms with Gasteiger partial charge in [-0.2, -0.15) is 0 Å². The van der Waals surface area contributed by atoms with E-state index in [4.69, 9.17) is 5.73 Å². The summed E-state index contributed by atoms with van der Waals surface area (Å²) in [6.45, 7) is 1.90. The average Bonchev–Trinajstić information content (AvgIpc) is 2.19. The van der Waals surface area contributed by atoms with E-state index in [0.717, 1.165) is 31.9 Å². The molecule has 0 spiro atoms. The number of nitrogens with two attached hydrogens (primary N) is 1. The minimum Gasteiger partial charge on any atom is -0.339 e. The SMILES string of the molecule is Cl.Cl.N[C@H]1CCCN(c2ncccn2)C1. The van der Waals surface area contributed by atoms with Crippen LogP contribution in [-0.4, -0.2) is 29.1 Å². The quantitative estimate of drug-likeness (QED) is 0.816. The van der Waals surface area contributed by atoms with Crippen molar-refractivity contribution in [1.82, 2.24) is 9.97 Å². The highest BCUT2D eigenvalue weighted by Gasteiger charge is 2.17. The van der Waals surface area contributed by atoms with E-state index >= 15 is 0 Å². The van der Waals surface area contributed by atoms with Crippen LogP contribution in [-0.2, 0) is 0 Å². The molecule has 6 heteroatoms. The molecule has 86 valence electrons. The molecule has 0 aliphatic carbocycles. The molecule has 1 atom stereocenters. The summed E-state index contributed by atoms with van der Waals surface area (Å²) in [5, 5.41) is 0. The fourth-order valence-electron chi connectivity index (χ4n) is 1.65. The fourth-order valence-corrected chi connectivity index (χ4v) is 1.65. The van der Waals surface area contributed by atoms with Gasteiger partial charge in [-0.1, -0.05) is 0 Å². The highest BCUT2D eigenvalue weighted by Crippen LogP contribution is 2.13. The lowest BCUT2D eigenvalue weighted by atomic mass is 10.1. The van der Waals surface area contributed by atoms with Crippen molar-refractivity contribution in [2.45, 2.75) is 18.9 Å². The van der Waals surface area contributed by atoms with Crippen LogP contribution < -0.4 is 10.6 Å². The second-order valence-corrected chi connectivity index (χ2v) is 3.40. The topological polar surface area (TPSA) is 55.0 Å². The summed E-state index contributed by atoms with van der Waals surface area (Å²) in [6.07, 6.45) is 5.79. The summed E-state index contributed by atoms with van der Waals surface area (Å²) in [5.74, 6) is 0.803. The second kappa shape index (κ2) is 6.82. The molecule has 0 amide bonds. The first-order valence-electron chi connectivity index (χ1n) is 4.64. The summed E-state index contributed by atoms with van der Waals surface area (Å²) >= 11 is 0. The molecule has 1 aromatic rings. The zero-order valence-corrected chi connectivity index (χ0v) is 10.0. The largest absolute Gasteiger partial charge is 0.339 e. The standard InChI is InChI=1S/C9H14N4.2ClH/c10-8-3-1-6-13(7-8)9-11-4-2-5-12-9;;/h2,4-5,8H,1,3,6-7,10H2;2*1H/t8-;;/m0../s1. The van der Waals surface area contributed by atoms with Crippen molar-refractivity contribution in [2.75, 3.05) is 18.0 Å². The van der Waals surface area contributed by atoms with Gasteiger partial charge < -0.3 is 10.6 Å². The predicted molar refractivity (Wildman–Crippen MR) is 66.0 cm³/mol. The molecular formula is C9H16Cl2N4. The molecule has 0 saturated carbocycles. The Bertz CT molecular complexity index is 270. The van der Waals surface area contributed by atoms with Gasteiger partial charge in [0, 0.05) is 31.5 Å². The van der Waals surface area contributed by atoms with E-state index in [1.807, 2.05) is 6.07 Å². The number of piperidine rings is 1. The van der Waals surface area contributed by atoms with Crippen LogP contribution in [0.5, 0.6) is 0 Å². The summed E-state index contributed by atoms with van der Waals surface area (Å²) in [5.41, 5.74) is 5.87. The monoisotopic (exact) mass is 250 g/mol. The van der Waals surface area contributed by atoms with Crippen molar-refractivity contribution in [3.63, 3.8) is 0 Å². The molecule has 2 rings (SSSR count). The minimum atomic E-state index is 0. The van der Waals surface area contributed by atoms with Crippen LogP contribution in [0.1, 0.15) is 12.8 Å². The van der Waals surface area contributed by atoms with Crippen LogP contribution in [0, 0.1) is 0 Å². The van der Waals surface area contributed by atoms with Gasteiger partial charge in [0.15, 0.2) is 0 Å². The highest BCUT2D eigenvalue weighted by molar-refractivity contribution is 5.85. The van der Waals surface area contributed by atoms with Crippen LogP contribution in [0.25, 0.3) is 0 Å². The molecule has 1 aliphatic rings. The molecular weight excluding hydrogens is 235 g/mol. The van der Waals surface area contributed by atoms with Gasteiger partial charge in [0.05, 0.1) is 0 Å². The normalized spacial score (nSPS) is 20.1. The summed E-state index contributed by atoms with van der Waals surface area (Å²) in [6, 6.07) is 2.10. The van der Waals surface area contributed by atoms with Crippen LogP contribution >= 0.6 is 24.8 Å². The van der Waals surface area contributed by atoms with Crippen molar-refractivity contribution in [3.05, 3.63) is 18.5 Å². The van der Waals surface area contributed by atoms with E-state index < -0.39 is 0 Å². The first-order chi connectivity index (χ1) is 6.36. The zero-order valence-electron chi connectivity index (χ0n) is 8.37. The van der Waals surface area contributed by atoms with Gasteiger partial charge in [0.25, 0.3) is 0 Å². The molecule has 4 nitrogen and oxygen atoms in total. The Kier molecular flexibility index (Phi) is 6.56. The molecule has 15 heavy (non-hydrogen) atoms. The second-order valence-electron chi connectivity index (χ2n) is 3.40. The van der Waals surface area contributed by atoms with Gasteiger partial charge in [0.2, 0.25) is 5.95 Å². The Balaban J connectivity index is 0.000000980. The summed E-state index contributed by atoms with van der Waals surface area (Å²) in [4.78, 5) is 10.5. The van der Waals surface area contributed by atoms with Crippen molar-refractivity contribution in [1.29, 1.82) is 0 Å². The molecule has 0 radical (unpaired) electrons. The third kappa shape index (κ3) is 3.81. The number of hydrogen-bond acceptors (Lipinski definition) is 4. The lowest BCUT2D eigenvalue weighted by Gasteiger charge is -2.30. The first-order valence-corrected chi connectivity index (χ1v) is 4.64. The van der Waals surface area contributed by atoms with Crippen LogP contribution in [0.15, 0.2) is 18.5 Å². The number of nitrogens with zero attached hydrogens (tertiary/aromatic N) is 3. The Morgan fingerprint density at radius 1 is 1.27 bits per heavy atom. The average molecular weight is 251 g/mol. The Hall–Kier alpha value is -0.580. The van der Waals surface area contributed by atoms with Crippen molar-refractivity contribution >= 4 is 30.8 Å². The lowest BCUT2D eigenvalue weighted by molar-refractivity contribution is 0.500. The van der Waals surface area contributed by atoms with Crippen molar-refractivity contribution < 1.29 is 0 Å². The molecule has 0 aromatic carbocycles. The van der Waals surface area contributed by atoms with Crippen molar-refractivity contribution in [2.24, 2.45) is 5.73 Å². The van der Waals surface area contributed by atoms with Crippen LogP contribution in [0.3, 0.4) is 0 Å². The maximum atomic E-state index is 5.87. The number of anilines is 1. The van der Waals surface area contributed by atoms with E-state index in [1.165, 1.54) is 0 Å². The molecule has 1 aliphatic heterocycles. The van der Waals surface area contributed by atoms with E-state index in [9.17, 15) is 0 Å². The third-order valence-electron chi connectivity index (χ3n) is 2.29.